The van der Waals surface area contributed by atoms with Crippen LogP contribution in [-0.4, -0.2) is 19.8 Å². The fraction of sp³-hybridized carbons (Fsp3) is 0.556. The molecular weight excluding hydrogens is 164 g/mol. The van der Waals surface area contributed by atoms with Crippen LogP contribution >= 0.6 is 0 Å². The molecule has 0 heterocycles. The van der Waals surface area contributed by atoms with Gasteiger partial charge in [0.25, 0.3) is 0 Å². The van der Waals surface area contributed by atoms with E-state index in [1.165, 1.54) is 29.1 Å². The fourth-order valence-corrected chi connectivity index (χ4v) is 4.45. The Hall–Kier alpha value is -0.0862. The van der Waals surface area contributed by atoms with Crippen molar-refractivity contribution < 1.29 is 0 Å². The molecule has 0 aromatic heterocycles. The zero-order chi connectivity index (χ0) is 8.53. The van der Waals surface area contributed by atoms with Gasteiger partial charge in [-0.05, 0) is 18.4 Å². The molecule has 2 heteroatoms. The van der Waals surface area contributed by atoms with Crippen molar-refractivity contribution in [2.45, 2.75) is 30.5 Å². The van der Waals surface area contributed by atoms with Crippen molar-refractivity contribution in [1.82, 2.24) is 0 Å². The highest BCUT2D eigenvalue weighted by molar-refractivity contribution is 6.39. The maximum absolute atomic E-state index is 3.79. The third kappa shape index (κ3) is 6.32. The molecule has 0 aliphatic heterocycles. The van der Waals surface area contributed by atoms with Gasteiger partial charge in [0.1, 0.15) is 0 Å². The first kappa shape index (κ1) is 10.9. The molecule has 11 heavy (non-hydrogen) atoms. The molecule has 0 amide bonds. The van der Waals surface area contributed by atoms with Crippen LogP contribution in [0.25, 0.3) is 0 Å². The van der Waals surface area contributed by atoms with Gasteiger partial charge in [-0.25, -0.2) is 0 Å². The minimum atomic E-state index is 0.196. The minimum absolute atomic E-state index is 0.196. The zero-order valence-electron chi connectivity index (χ0n) is 7.68. The molecule has 0 nitrogen and oxygen atoms in total. The van der Waals surface area contributed by atoms with Gasteiger partial charge in [-0.15, -0.1) is 13.2 Å². The normalized spacial score (nSPS) is 11.4. The van der Waals surface area contributed by atoms with Crippen LogP contribution in [0.3, 0.4) is 0 Å². The Bertz CT molecular complexity index is 100. The van der Waals surface area contributed by atoms with E-state index in [-0.39, 0.29) is 9.52 Å². The van der Waals surface area contributed by atoms with Crippen molar-refractivity contribution in [2.24, 2.45) is 0 Å². The van der Waals surface area contributed by atoms with Gasteiger partial charge in [0, 0.05) is 19.8 Å². The van der Waals surface area contributed by atoms with Crippen LogP contribution in [0.5, 0.6) is 0 Å². The fourth-order valence-electron chi connectivity index (χ4n) is 1.30. The monoisotopic (exact) mass is 184 g/mol. The van der Waals surface area contributed by atoms with Crippen molar-refractivity contribution in [3.8, 4) is 0 Å². The van der Waals surface area contributed by atoms with E-state index in [2.05, 4.69) is 25.3 Å². The molecule has 0 N–H and O–H groups in total. The highest BCUT2D eigenvalue weighted by Crippen LogP contribution is 2.17. The molecule has 0 bridgehead atoms. The summed E-state index contributed by atoms with van der Waals surface area (Å²) in [5.74, 6) is 0. The molecule has 0 rings (SSSR count). The maximum atomic E-state index is 3.79. The summed E-state index contributed by atoms with van der Waals surface area (Å²) in [4.78, 5) is 0. The second kappa shape index (κ2) is 8.01. The molecule has 0 aromatic rings. The predicted molar refractivity (Wildman–Crippen MR) is 61.5 cm³/mol. The van der Waals surface area contributed by atoms with Crippen molar-refractivity contribution in [2.75, 3.05) is 0 Å². The van der Waals surface area contributed by atoms with Crippen LogP contribution < -0.4 is 0 Å². The highest BCUT2D eigenvalue weighted by atomic mass is 28.2. The van der Waals surface area contributed by atoms with Crippen molar-refractivity contribution in [3.05, 3.63) is 25.3 Å². The first-order valence-corrected chi connectivity index (χ1v) is 7.80. The average Bonchev–Trinajstić information content (AvgIpc) is 2.01. The third-order valence-electron chi connectivity index (χ3n) is 1.97. The Kier molecular flexibility index (Phi) is 7.95. The summed E-state index contributed by atoms with van der Waals surface area (Å²) in [5.41, 5.74) is 0.957. The molecule has 0 saturated carbocycles. The van der Waals surface area contributed by atoms with E-state index in [9.17, 15) is 0 Å². The zero-order valence-corrected chi connectivity index (χ0v) is 11.1. The summed E-state index contributed by atoms with van der Waals surface area (Å²) in [6.45, 7) is 7.57. The smallest absolute Gasteiger partial charge is 0.0236 e. The van der Waals surface area contributed by atoms with Crippen molar-refractivity contribution >= 4 is 19.8 Å². The Morgan fingerprint density at radius 1 is 1.27 bits per heavy atom. The Balaban J connectivity index is 3.49. The van der Waals surface area contributed by atoms with Crippen LogP contribution in [0, 0.1) is 0 Å². The van der Waals surface area contributed by atoms with E-state index < -0.39 is 0 Å². The van der Waals surface area contributed by atoms with E-state index in [0.29, 0.717) is 0 Å². The first-order chi connectivity index (χ1) is 5.35. The molecule has 0 aliphatic carbocycles. The topological polar surface area (TPSA) is 0 Å². The van der Waals surface area contributed by atoms with Gasteiger partial charge >= 0.3 is 0 Å². The highest BCUT2D eigenvalue weighted by Gasteiger charge is 2.03. The summed E-state index contributed by atoms with van der Waals surface area (Å²) in [6, 6.07) is 3.04. The van der Waals surface area contributed by atoms with Crippen LogP contribution in [0.4, 0.5) is 0 Å². The molecule has 0 fully saturated rings. The molecule has 0 saturated heterocycles. The Morgan fingerprint density at radius 3 is 2.18 bits per heavy atom. The maximum Gasteiger partial charge on any atom is 0.0236 e. The SMILES string of the molecule is C=CCC(CC=C)[SiH2]CC[SiH3]. The van der Waals surface area contributed by atoms with E-state index >= 15 is 0 Å². The van der Waals surface area contributed by atoms with Gasteiger partial charge in [0.05, 0.1) is 0 Å². The lowest BCUT2D eigenvalue weighted by Gasteiger charge is -2.10. The number of hydrogen-bond acceptors (Lipinski definition) is 0. The lowest BCUT2D eigenvalue weighted by Crippen LogP contribution is -2.01. The van der Waals surface area contributed by atoms with Crippen LogP contribution in [-0.2, 0) is 0 Å². The molecule has 0 aliphatic rings. The molecule has 0 atom stereocenters. The molecule has 0 unspecified atom stereocenters. The molecular formula is C9H20Si2. The van der Waals surface area contributed by atoms with Crippen LogP contribution in [0.1, 0.15) is 12.8 Å². The summed E-state index contributed by atoms with van der Waals surface area (Å²) in [7, 11) is 1.58. The number of hydrogen-bond donors (Lipinski definition) is 0. The minimum Gasteiger partial charge on any atom is -0.103 e. The first-order valence-electron chi connectivity index (χ1n) is 4.56. The standard InChI is InChI=1S/C9H20Si2/c1-3-5-9(6-4-2)11-8-7-10/h3-4,9H,1-2,5-8,11H2,10H3. The third-order valence-corrected chi connectivity index (χ3v) is 6.69. The summed E-state index contributed by atoms with van der Waals surface area (Å²) >= 11 is 0. The van der Waals surface area contributed by atoms with E-state index in [1.54, 1.807) is 6.04 Å². The Labute approximate surface area is 76.0 Å². The quantitative estimate of drug-likeness (QED) is 0.413. The van der Waals surface area contributed by atoms with E-state index in [1.807, 2.05) is 0 Å². The van der Waals surface area contributed by atoms with Gasteiger partial charge in [-0.2, -0.15) is 0 Å². The molecule has 0 aromatic carbocycles. The van der Waals surface area contributed by atoms with Crippen molar-refractivity contribution in [3.63, 3.8) is 0 Å². The van der Waals surface area contributed by atoms with Gasteiger partial charge in [0.15, 0.2) is 0 Å². The number of allylic oxidation sites excluding steroid dienone is 2. The van der Waals surface area contributed by atoms with E-state index in [0.717, 1.165) is 5.54 Å². The van der Waals surface area contributed by atoms with Crippen LogP contribution in [0.2, 0.25) is 17.6 Å². The predicted octanol–water partition coefficient (Wildman–Crippen LogP) is 1.30. The summed E-state index contributed by atoms with van der Waals surface area (Å²) in [5, 5.41) is 0. The van der Waals surface area contributed by atoms with Gasteiger partial charge in [-0.1, -0.05) is 24.2 Å². The summed E-state index contributed by atoms with van der Waals surface area (Å²) in [6.07, 6.45) is 6.57. The lowest BCUT2D eigenvalue weighted by molar-refractivity contribution is 0.850. The van der Waals surface area contributed by atoms with Crippen molar-refractivity contribution in [1.29, 1.82) is 0 Å². The average molecular weight is 184 g/mol. The largest absolute Gasteiger partial charge is 0.103 e. The second-order valence-electron chi connectivity index (χ2n) is 3.06. The lowest BCUT2D eigenvalue weighted by atomic mass is 10.2. The number of rotatable bonds is 7. The Morgan fingerprint density at radius 2 is 1.82 bits per heavy atom. The van der Waals surface area contributed by atoms with Gasteiger partial charge in [0.2, 0.25) is 0 Å². The molecule has 64 valence electrons. The molecule has 0 spiro atoms. The van der Waals surface area contributed by atoms with Crippen LogP contribution in [0.15, 0.2) is 25.3 Å². The van der Waals surface area contributed by atoms with Gasteiger partial charge in [-0.3, -0.25) is 0 Å². The molecule has 0 radical (unpaired) electrons. The summed E-state index contributed by atoms with van der Waals surface area (Å²) < 4.78 is 0. The van der Waals surface area contributed by atoms with E-state index in [4.69, 9.17) is 0 Å². The second-order valence-corrected chi connectivity index (χ2v) is 6.50. The van der Waals surface area contributed by atoms with Gasteiger partial charge < -0.3 is 0 Å².